The molecular formula is C11H19N3O4. The van der Waals surface area contributed by atoms with Crippen LogP contribution in [0, 0.1) is 0 Å². The third-order valence-corrected chi connectivity index (χ3v) is 2.99. The van der Waals surface area contributed by atoms with Crippen LogP contribution >= 0.6 is 0 Å². The molecule has 1 aliphatic heterocycles. The van der Waals surface area contributed by atoms with E-state index in [2.05, 4.69) is 5.32 Å². The Balaban J connectivity index is 2.44. The number of nitrogens with zero attached hydrogens (tertiary/aromatic N) is 2. The number of aliphatic hydroxyl groups is 1. The van der Waals surface area contributed by atoms with Gasteiger partial charge >= 0.3 is 11.8 Å². The van der Waals surface area contributed by atoms with Crippen molar-refractivity contribution in [3.8, 4) is 0 Å². The molecular weight excluding hydrogens is 238 g/mol. The smallest absolute Gasteiger partial charge is 0.312 e. The van der Waals surface area contributed by atoms with Gasteiger partial charge in [-0.05, 0) is 6.42 Å². The van der Waals surface area contributed by atoms with Crippen LogP contribution < -0.4 is 5.32 Å². The van der Waals surface area contributed by atoms with E-state index in [9.17, 15) is 14.4 Å². The number of aliphatic hydroxyl groups excluding tert-OH is 1. The molecule has 0 radical (unpaired) electrons. The van der Waals surface area contributed by atoms with E-state index >= 15 is 0 Å². The maximum atomic E-state index is 11.8. The highest BCUT2D eigenvalue weighted by Gasteiger charge is 2.26. The van der Waals surface area contributed by atoms with Crippen LogP contribution in [-0.2, 0) is 14.4 Å². The van der Waals surface area contributed by atoms with Crippen LogP contribution in [0.1, 0.15) is 13.3 Å². The van der Waals surface area contributed by atoms with Crippen molar-refractivity contribution in [2.45, 2.75) is 19.4 Å². The molecule has 0 spiro atoms. The number of carbonyl (C=O) groups excluding carboxylic acids is 3. The van der Waals surface area contributed by atoms with Gasteiger partial charge in [0.25, 0.3) is 0 Å². The van der Waals surface area contributed by atoms with Crippen LogP contribution in [0.2, 0.25) is 0 Å². The summed E-state index contributed by atoms with van der Waals surface area (Å²) < 4.78 is 0. The minimum Gasteiger partial charge on any atom is -0.394 e. The van der Waals surface area contributed by atoms with E-state index in [1.165, 1.54) is 4.90 Å². The van der Waals surface area contributed by atoms with E-state index in [1.807, 2.05) is 6.92 Å². The zero-order valence-corrected chi connectivity index (χ0v) is 10.5. The summed E-state index contributed by atoms with van der Waals surface area (Å²) in [5, 5.41) is 11.4. The lowest BCUT2D eigenvalue weighted by Crippen LogP contribution is -2.53. The molecule has 3 amide bonds. The zero-order valence-electron chi connectivity index (χ0n) is 10.5. The van der Waals surface area contributed by atoms with Crippen LogP contribution in [0.3, 0.4) is 0 Å². The highest BCUT2D eigenvalue weighted by Crippen LogP contribution is 2.00. The molecule has 1 unspecified atom stereocenters. The molecule has 0 aromatic rings. The lowest BCUT2D eigenvalue weighted by Gasteiger charge is -2.32. The van der Waals surface area contributed by atoms with Gasteiger partial charge in [-0.3, -0.25) is 14.4 Å². The molecule has 1 fully saturated rings. The summed E-state index contributed by atoms with van der Waals surface area (Å²) in [5.41, 5.74) is 0. The first-order valence-electron chi connectivity index (χ1n) is 6.02. The van der Waals surface area contributed by atoms with Crippen LogP contribution in [0.4, 0.5) is 0 Å². The molecule has 7 heteroatoms. The second-order valence-corrected chi connectivity index (χ2v) is 4.19. The molecule has 18 heavy (non-hydrogen) atoms. The number of rotatable bonds is 4. The molecule has 0 aliphatic carbocycles. The van der Waals surface area contributed by atoms with Gasteiger partial charge in [0.15, 0.2) is 0 Å². The van der Waals surface area contributed by atoms with E-state index in [-0.39, 0.29) is 6.61 Å². The van der Waals surface area contributed by atoms with Crippen molar-refractivity contribution in [2.75, 3.05) is 32.8 Å². The predicted molar refractivity (Wildman–Crippen MR) is 63.5 cm³/mol. The molecule has 1 saturated heterocycles. The van der Waals surface area contributed by atoms with E-state index in [1.54, 1.807) is 4.90 Å². The van der Waals surface area contributed by atoms with Crippen molar-refractivity contribution in [1.82, 2.24) is 15.1 Å². The first-order chi connectivity index (χ1) is 8.62. The second-order valence-electron chi connectivity index (χ2n) is 4.19. The topological polar surface area (TPSA) is 89.9 Å². The van der Waals surface area contributed by atoms with E-state index in [0.717, 1.165) is 6.41 Å². The Morgan fingerprint density at radius 3 is 2.39 bits per heavy atom. The Labute approximate surface area is 106 Å². The number of amides is 3. The summed E-state index contributed by atoms with van der Waals surface area (Å²) in [4.78, 5) is 36.9. The maximum absolute atomic E-state index is 11.8. The summed E-state index contributed by atoms with van der Waals surface area (Å²) in [6.07, 6.45) is 1.30. The maximum Gasteiger partial charge on any atom is 0.312 e. The SMILES string of the molecule is CCC(CO)NC(=O)C(=O)N1CCN(C=O)CC1. The van der Waals surface area contributed by atoms with E-state index < -0.39 is 17.9 Å². The molecule has 0 aromatic carbocycles. The number of hydrogen-bond donors (Lipinski definition) is 2. The highest BCUT2D eigenvalue weighted by molar-refractivity contribution is 6.35. The van der Waals surface area contributed by atoms with Crippen molar-refractivity contribution < 1.29 is 19.5 Å². The Morgan fingerprint density at radius 2 is 1.94 bits per heavy atom. The highest BCUT2D eigenvalue weighted by atomic mass is 16.3. The van der Waals surface area contributed by atoms with Crippen LogP contribution in [-0.4, -0.2) is 72.0 Å². The largest absolute Gasteiger partial charge is 0.394 e. The first kappa shape index (κ1) is 14.4. The third kappa shape index (κ3) is 3.69. The predicted octanol–water partition coefficient (Wildman–Crippen LogP) is -1.83. The van der Waals surface area contributed by atoms with Crippen molar-refractivity contribution in [1.29, 1.82) is 0 Å². The lowest BCUT2D eigenvalue weighted by atomic mass is 10.2. The molecule has 1 rings (SSSR count). The molecule has 1 heterocycles. The molecule has 2 N–H and O–H groups in total. The van der Waals surface area contributed by atoms with E-state index in [4.69, 9.17) is 5.11 Å². The van der Waals surface area contributed by atoms with Gasteiger partial charge in [0.05, 0.1) is 12.6 Å². The fourth-order valence-corrected chi connectivity index (χ4v) is 1.70. The Kier molecular flexibility index (Phi) is 5.57. The van der Waals surface area contributed by atoms with Gasteiger partial charge in [0.1, 0.15) is 0 Å². The molecule has 0 saturated carbocycles. The minimum absolute atomic E-state index is 0.186. The summed E-state index contributed by atoms with van der Waals surface area (Å²) >= 11 is 0. The normalized spacial score (nSPS) is 17.2. The second kappa shape index (κ2) is 6.95. The minimum atomic E-state index is -0.699. The van der Waals surface area contributed by atoms with Crippen molar-refractivity contribution in [3.05, 3.63) is 0 Å². The monoisotopic (exact) mass is 257 g/mol. The van der Waals surface area contributed by atoms with Crippen LogP contribution in [0.15, 0.2) is 0 Å². The summed E-state index contributed by atoms with van der Waals surface area (Å²) in [6, 6.07) is -0.391. The van der Waals surface area contributed by atoms with Crippen molar-refractivity contribution >= 4 is 18.2 Å². The molecule has 1 atom stereocenters. The summed E-state index contributed by atoms with van der Waals surface area (Å²) in [5.74, 6) is -1.30. The Bertz CT molecular complexity index is 309. The zero-order chi connectivity index (χ0) is 13.5. The van der Waals surface area contributed by atoms with Gasteiger partial charge in [-0.2, -0.15) is 0 Å². The number of nitrogens with one attached hydrogen (secondary N) is 1. The van der Waals surface area contributed by atoms with Crippen LogP contribution in [0.5, 0.6) is 0 Å². The van der Waals surface area contributed by atoms with E-state index in [0.29, 0.717) is 32.6 Å². The Morgan fingerprint density at radius 1 is 1.33 bits per heavy atom. The van der Waals surface area contributed by atoms with Gasteiger partial charge in [-0.25, -0.2) is 0 Å². The molecule has 7 nitrogen and oxygen atoms in total. The molecule has 1 aliphatic rings. The number of carbonyl (C=O) groups is 3. The van der Waals surface area contributed by atoms with Gasteiger partial charge in [0.2, 0.25) is 6.41 Å². The summed E-state index contributed by atoms with van der Waals surface area (Å²) in [6.45, 7) is 3.24. The summed E-state index contributed by atoms with van der Waals surface area (Å²) in [7, 11) is 0. The van der Waals surface area contributed by atoms with Crippen LogP contribution in [0.25, 0.3) is 0 Å². The molecule has 0 bridgehead atoms. The lowest BCUT2D eigenvalue weighted by molar-refractivity contribution is -0.148. The average Bonchev–Trinajstić information content (AvgIpc) is 2.43. The average molecular weight is 257 g/mol. The number of piperazine rings is 1. The third-order valence-electron chi connectivity index (χ3n) is 2.99. The standard InChI is InChI=1S/C11H19N3O4/c1-2-9(7-15)12-10(17)11(18)14-5-3-13(8-16)4-6-14/h8-9,15H,2-7H2,1H3,(H,12,17). The number of hydrogen-bond acceptors (Lipinski definition) is 4. The fraction of sp³-hybridized carbons (Fsp3) is 0.727. The van der Waals surface area contributed by atoms with Gasteiger partial charge < -0.3 is 20.2 Å². The molecule has 102 valence electrons. The van der Waals surface area contributed by atoms with Gasteiger partial charge in [0, 0.05) is 26.2 Å². The quantitative estimate of drug-likeness (QED) is 0.458. The first-order valence-corrected chi connectivity index (χ1v) is 6.02. The molecule has 0 aromatic heterocycles. The fourth-order valence-electron chi connectivity index (χ4n) is 1.70. The van der Waals surface area contributed by atoms with Gasteiger partial charge in [-0.1, -0.05) is 6.92 Å². The van der Waals surface area contributed by atoms with Crippen molar-refractivity contribution in [2.24, 2.45) is 0 Å². The van der Waals surface area contributed by atoms with Crippen molar-refractivity contribution in [3.63, 3.8) is 0 Å². The van der Waals surface area contributed by atoms with Gasteiger partial charge in [-0.15, -0.1) is 0 Å². The Hall–Kier alpha value is -1.63.